The van der Waals surface area contributed by atoms with E-state index in [-0.39, 0.29) is 12.0 Å². The number of nitrogens with one attached hydrogen (secondary N) is 2. The molecular formula is C18H19F3N6O. The minimum Gasteiger partial charge on any atom is -0.381 e. The van der Waals surface area contributed by atoms with Gasteiger partial charge in [-0.1, -0.05) is 6.92 Å². The van der Waals surface area contributed by atoms with Gasteiger partial charge in [-0.15, -0.1) is 0 Å². The molecular weight excluding hydrogens is 373 g/mol. The lowest BCUT2D eigenvalue weighted by Crippen LogP contribution is -2.36. The van der Waals surface area contributed by atoms with Crippen LogP contribution in [-0.4, -0.2) is 38.8 Å². The van der Waals surface area contributed by atoms with Gasteiger partial charge in [0.25, 0.3) is 0 Å². The van der Waals surface area contributed by atoms with Crippen LogP contribution < -0.4 is 10.6 Å². The van der Waals surface area contributed by atoms with Crippen LogP contribution in [0.4, 0.5) is 30.8 Å². The van der Waals surface area contributed by atoms with Crippen molar-refractivity contribution in [1.82, 2.24) is 19.5 Å². The Bertz CT molecular complexity index is 1000. The van der Waals surface area contributed by atoms with Crippen molar-refractivity contribution >= 4 is 28.7 Å². The Morgan fingerprint density at radius 1 is 1.18 bits per heavy atom. The highest BCUT2D eigenvalue weighted by Gasteiger charge is 2.23. The average Bonchev–Trinajstić information content (AvgIpc) is 2.96. The SMILES string of the molecule is C[C@@H]1COCC[C@H]1Nc1ncc2nc(Nc3c(F)cc(F)cc3F)n(C)c2n1. The Morgan fingerprint density at radius 3 is 2.64 bits per heavy atom. The van der Waals surface area contributed by atoms with Crippen molar-refractivity contribution in [2.75, 3.05) is 23.8 Å². The lowest BCUT2D eigenvalue weighted by atomic mass is 9.98. The van der Waals surface area contributed by atoms with E-state index in [1.54, 1.807) is 11.6 Å². The summed E-state index contributed by atoms with van der Waals surface area (Å²) in [7, 11) is 1.66. The van der Waals surface area contributed by atoms with Crippen LogP contribution in [0.2, 0.25) is 0 Å². The Balaban J connectivity index is 1.62. The highest BCUT2D eigenvalue weighted by Crippen LogP contribution is 2.26. The van der Waals surface area contributed by atoms with Crippen molar-refractivity contribution in [2.45, 2.75) is 19.4 Å². The summed E-state index contributed by atoms with van der Waals surface area (Å²) in [4.78, 5) is 13.0. The number of aromatic nitrogens is 4. The third kappa shape index (κ3) is 3.47. The lowest BCUT2D eigenvalue weighted by Gasteiger charge is -2.29. The van der Waals surface area contributed by atoms with Crippen molar-refractivity contribution in [1.29, 1.82) is 0 Å². The first kappa shape index (κ1) is 18.5. The van der Waals surface area contributed by atoms with Crippen LogP contribution in [0.1, 0.15) is 13.3 Å². The molecule has 148 valence electrons. The summed E-state index contributed by atoms with van der Waals surface area (Å²) in [5.74, 6) is -2.17. The number of hydrogen-bond acceptors (Lipinski definition) is 6. The van der Waals surface area contributed by atoms with Gasteiger partial charge in [-0.05, 0) is 12.3 Å². The second-order valence-electron chi connectivity index (χ2n) is 6.86. The van der Waals surface area contributed by atoms with E-state index < -0.39 is 23.1 Å². The smallest absolute Gasteiger partial charge is 0.224 e. The maximum Gasteiger partial charge on any atom is 0.224 e. The highest BCUT2D eigenvalue weighted by atomic mass is 19.1. The van der Waals surface area contributed by atoms with Gasteiger partial charge in [-0.2, -0.15) is 4.98 Å². The van der Waals surface area contributed by atoms with E-state index >= 15 is 0 Å². The van der Waals surface area contributed by atoms with Gasteiger partial charge in [-0.3, -0.25) is 4.57 Å². The van der Waals surface area contributed by atoms with Crippen molar-refractivity contribution in [3.05, 3.63) is 35.8 Å². The Hall–Kier alpha value is -2.88. The van der Waals surface area contributed by atoms with Gasteiger partial charge in [0.2, 0.25) is 11.9 Å². The zero-order valence-corrected chi connectivity index (χ0v) is 15.3. The fourth-order valence-corrected chi connectivity index (χ4v) is 3.20. The van der Waals surface area contributed by atoms with Crippen LogP contribution in [0.3, 0.4) is 0 Å². The normalized spacial score (nSPS) is 19.8. The molecule has 0 unspecified atom stereocenters. The molecule has 2 atom stereocenters. The van der Waals surface area contributed by atoms with E-state index in [9.17, 15) is 13.2 Å². The van der Waals surface area contributed by atoms with Crippen LogP contribution in [0.5, 0.6) is 0 Å². The van der Waals surface area contributed by atoms with Gasteiger partial charge < -0.3 is 15.4 Å². The van der Waals surface area contributed by atoms with Gasteiger partial charge in [-0.25, -0.2) is 23.1 Å². The summed E-state index contributed by atoms with van der Waals surface area (Å²) in [6.45, 7) is 3.44. The summed E-state index contributed by atoms with van der Waals surface area (Å²) in [6.07, 6.45) is 2.39. The number of benzene rings is 1. The minimum atomic E-state index is -1.05. The van der Waals surface area contributed by atoms with E-state index in [4.69, 9.17) is 4.74 Å². The molecule has 10 heteroatoms. The standard InChI is InChI=1S/C18H19F3N6O/c1-9-8-28-4-3-13(9)23-17-22-7-14-16(26-17)27(2)18(24-14)25-15-11(20)5-10(19)6-12(15)21/h5-7,9,13H,3-4,8H2,1-2H3,(H,24,25)(H,22,23,26)/t9-,13-/m1/s1. The van der Waals surface area contributed by atoms with E-state index in [1.165, 1.54) is 6.20 Å². The predicted octanol–water partition coefficient (Wildman–Crippen LogP) is 3.36. The topological polar surface area (TPSA) is 76.9 Å². The van der Waals surface area contributed by atoms with Crippen LogP contribution in [0, 0.1) is 23.4 Å². The van der Waals surface area contributed by atoms with Gasteiger partial charge >= 0.3 is 0 Å². The third-order valence-electron chi connectivity index (χ3n) is 4.81. The number of halogens is 3. The minimum absolute atomic E-state index is 0.158. The molecule has 7 nitrogen and oxygen atoms in total. The molecule has 1 saturated heterocycles. The number of rotatable bonds is 4. The summed E-state index contributed by atoms with van der Waals surface area (Å²) in [6, 6.07) is 1.40. The molecule has 0 spiro atoms. The second-order valence-corrected chi connectivity index (χ2v) is 6.86. The van der Waals surface area contributed by atoms with Crippen molar-refractivity contribution < 1.29 is 17.9 Å². The molecule has 4 rings (SSSR count). The number of ether oxygens (including phenoxy) is 1. The predicted molar refractivity (Wildman–Crippen MR) is 97.9 cm³/mol. The monoisotopic (exact) mass is 392 g/mol. The fraction of sp³-hybridized carbons (Fsp3) is 0.389. The molecule has 3 heterocycles. The first-order chi connectivity index (χ1) is 13.4. The van der Waals surface area contributed by atoms with Gasteiger partial charge in [0, 0.05) is 31.8 Å². The molecule has 2 N–H and O–H groups in total. The van der Waals surface area contributed by atoms with E-state index in [0.717, 1.165) is 6.42 Å². The Labute approximate surface area is 159 Å². The van der Waals surface area contributed by atoms with Crippen molar-refractivity contribution in [2.24, 2.45) is 13.0 Å². The van der Waals surface area contributed by atoms with Crippen LogP contribution >= 0.6 is 0 Å². The average molecular weight is 392 g/mol. The number of anilines is 3. The van der Waals surface area contributed by atoms with E-state index in [2.05, 4.69) is 32.5 Å². The molecule has 1 aromatic carbocycles. The molecule has 1 fully saturated rings. The van der Waals surface area contributed by atoms with E-state index in [0.29, 0.717) is 48.4 Å². The molecule has 0 aliphatic carbocycles. The van der Waals surface area contributed by atoms with Gasteiger partial charge in [0.1, 0.15) is 17.0 Å². The molecule has 3 aromatic rings. The number of hydrogen-bond donors (Lipinski definition) is 2. The van der Waals surface area contributed by atoms with E-state index in [1.807, 2.05) is 0 Å². The summed E-state index contributed by atoms with van der Waals surface area (Å²) < 4.78 is 47.9. The maximum atomic E-state index is 13.9. The van der Waals surface area contributed by atoms with Gasteiger partial charge in [0.15, 0.2) is 17.3 Å². The summed E-state index contributed by atoms with van der Waals surface area (Å²) in [5, 5.41) is 5.87. The first-order valence-corrected chi connectivity index (χ1v) is 8.87. The fourth-order valence-electron chi connectivity index (χ4n) is 3.20. The number of aryl methyl sites for hydroxylation is 1. The number of imidazole rings is 1. The maximum absolute atomic E-state index is 13.9. The van der Waals surface area contributed by atoms with Crippen LogP contribution in [-0.2, 0) is 11.8 Å². The largest absolute Gasteiger partial charge is 0.381 e. The van der Waals surface area contributed by atoms with Crippen molar-refractivity contribution in [3.63, 3.8) is 0 Å². The third-order valence-corrected chi connectivity index (χ3v) is 4.81. The molecule has 1 aliphatic rings. The van der Waals surface area contributed by atoms with Crippen molar-refractivity contribution in [3.8, 4) is 0 Å². The Kier molecular flexibility index (Phi) is 4.80. The molecule has 0 amide bonds. The molecule has 0 bridgehead atoms. The molecule has 0 radical (unpaired) electrons. The molecule has 1 aliphatic heterocycles. The number of fused-ring (bicyclic) bond motifs is 1. The quantitative estimate of drug-likeness (QED) is 0.709. The molecule has 28 heavy (non-hydrogen) atoms. The first-order valence-electron chi connectivity index (χ1n) is 8.87. The highest BCUT2D eigenvalue weighted by molar-refractivity contribution is 5.76. The van der Waals surface area contributed by atoms with Crippen LogP contribution in [0.25, 0.3) is 11.2 Å². The molecule has 0 saturated carbocycles. The lowest BCUT2D eigenvalue weighted by molar-refractivity contribution is 0.0536. The Morgan fingerprint density at radius 2 is 1.93 bits per heavy atom. The van der Waals surface area contributed by atoms with Gasteiger partial charge in [0.05, 0.1) is 12.8 Å². The summed E-state index contributed by atoms with van der Waals surface area (Å²) in [5.41, 5.74) is 0.461. The number of nitrogens with zero attached hydrogens (tertiary/aromatic N) is 4. The second kappa shape index (κ2) is 7.27. The molecule has 2 aromatic heterocycles. The zero-order chi connectivity index (χ0) is 19.8. The zero-order valence-electron chi connectivity index (χ0n) is 15.3. The van der Waals surface area contributed by atoms with Crippen LogP contribution in [0.15, 0.2) is 18.3 Å². The summed E-state index contributed by atoms with van der Waals surface area (Å²) >= 11 is 0.